The highest BCUT2D eigenvalue weighted by atomic mass is 79.9. The average Bonchev–Trinajstić information content (AvgIpc) is 2.90. The standard InChI is InChI=1S/C17H24BrN3/c1-13(14-5-7-15(18)8-6-14)20-16(17(2,3)4)11-21-10-9-19-12-21/h5-10,12-13,16,20H,11H2,1-4H3. The highest BCUT2D eigenvalue weighted by Crippen LogP contribution is 2.25. The van der Waals surface area contributed by atoms with Gasteiger partial charge in [-0.15, -0.1) is 0 Å². The highest BCUT2D eigenvalue weighted by molar-refractivity contribution is 9.10. The summed E-state index contributed by atoms with van der Waals surface area (Å²) in [7, 11) is 0. The Morgan fingerprint density at radius 3 is 2.43 bits per heavy atom. The number of rotatable bonds is 5. The summed E-state index contributed by atoms with van der Waals surface area (Å²) in [4.78, 5) is 4.13. The van der Waals surface area contributed by atoms with Crippen LogP contribution in [0.25, 0.3) is 0 Å². The largest absolute Gasteiger partial charge is 0.336 e. The van der Waals surface area contributed by atoms with Gasteiger partial charge in [-0.3, -0.25) is 0 Å². The van der Waals surface area contributed by atoms with E-state index >= 15 is 0 Å². The molecule has 2 unspecified atom stereocenters. The molecule has 0 aliphatic rings. The van der Waals surface area contributed by atoms with Crippen molar-refractivity contribution in [2.45, 2.75) is 46.3 Å². The van der Waals surface area contributed by atoms with E-state index in [9.17, 15) is 0 Å². The summed E-state index contributed by atoms with van der Waals surface area (Å²) in [5.41, 5.74) is 1.48. The molecule has 0 spiro atoms. The summed E-state index contributed by atoms with van der Waals surface area (Å²) in [5, 5.41) is 3.77. The zero-order chi connectivity index (χ0) is 15.5. The van der Waals surface area contributed by atoms with Crippen molar-refractivity contribution in [3.05, 3.63) is 53.0 Å². The number of benzene rings is 1. The van der Waals surface area contributed by atoms with Gasteiger partial charge >= 0.3 is 0 Å². The average molecular weight is 350 g/mol. The molecule has 21 heavy (non-hydrogen) atoms. The topological polar surface area (TPSA) is 29.9 Å². The van der Waals surface area contributed by atoms with Crippen LogP contribution >= 0.6 is 15.9 Å². The van der Waals surface area contributed by atoms with Crippen LogP contribution in [0, 0.1) is 5.41 Å². The van der Waals surface area contributed by atoms with Gasteiger partial charge in [-0.25, -0.2) is 4.98 Å². The van der Waals surface area contributed by atoms with Crippen molar-refractivity contribution >= 4 is 15.9 Å². The van der Waals surface area contributed by atoms with Gasteiger partial charge in [0.1, 0.15) is 0 Å². The van der Waals surface area contributed by atoms with E-state index in [4.69, 9.17) is 0 Å². The van der Waals surface area contributed by atoms with Crippen LogP contribution in [0.4, 0.5) is 0 Å². The van der Waals surface area contributed by atoms with Crippen molar-refractivity contribution in [3.63, 3.8) is 0 Å². The molecule has 0 fully saturated rings. The van der Waals surface area contributed by atoms with E-state index in [2.05, 4.69) is 82.8 Å². The van der Waals surface area contributed by atoms with E-state index in [1.165, 1.54) is 5.56 Å². The summed E-state index contributed by atoms with van der Waals surface area (Å²) in [6.07, 6.45) is 5.73. The first-order valence-electron chi connectivity index (χ1n) is 7.33. The van der Waals surface area contributed by atoms with Gasteiger partial charge in [-0.1, -0.05) is 48.8 Å². The Bertz CT molecular complexity index is 540. The second-order valence-electron chi connectivity index (χ2n) is 6.62. The third-order valence-corrected chi connectivity index (χ3v) is 4.35. The quantitative estimate of drug-likeness (QED) is 0.866. The van der Waals surface area contributed by atoms with Gasteiger partial charge in [0.2, 0.25) is 0 Å². The number of hydrogen-bond donors (Lipinski definition) is 1. The molecule has 0 saturated heterocycles. The molecule has 114 valence electrons. The van der Waals surface area contributed by atoms with Gasteiger partial charge in [-0.05, 0) is 30.0 Å². The monoisotopic (exact) mass is 349 g/mol. The Labute approximate surface area is 135 Å². The molecular formula is C17H24BrN3. The maximum absolute atomic E-state index is 4.13. The molecule has 1 heterocycles. The fourth-order valence-electron chi connectivity index (χ4n) is 2.33. The molecule has 0 aliphatic carbocycles. The van der Waals surface area contributed by atoms with Crippen molar-refractivity contribution in [2.75, 3.05) is 0 Å². The molecule has 3 nitrogen and oxygen atoms in total. The minimum atomic E-state index is 0.174. The van der Waals surface area contributed by atoms with Gasteiger partial charge in [0, 0.05) is 35.5 Å². The first-order valence-corrected chi connectivity index (χ1v) is 8.13. The maximum atomic E-state index is 4.13. The van der Waals surface area contributed by atoms with Crippen molar-refractivity contribution < 1.29 is 0 Å². The zero-order valence-electron chi connectivity index (χ0n) is 13.2. The first-order chi connectivity index (χ1) is 9.86. The number of nitrogens with one attached hydrogen (secondary N) is 1. The molecule has 1 N–H and O–H groups in total. The Morgan fingerprint density at radius 2 is 1.90 bits per heavy atom. The van der Waals surface area contributed by atoms with E-state index in [0.29, 0.717) is 12.1 Å². The Balaban J connectivity index is 2.09. The molecule has 4 heteroatoms. The van der Waals surface area contributed by atoms with Gasteiger partial charge < -0.3 is 9.88 Å². The smallest absolute Gasteiger partial charge is 0.0946 e. The van der Waals surface area contributed by atoms with Gasteiger partial charge in [0.05, 0.1) is 6.33 Å². The summed E-state index contributed by atoms with van der Waals surface area (Å²) < 4.78 is 3.25. The second-order valence-corrected chi connectivity index (χ2v) is 7.53. The second kappa shape index (κ2) is 6.75. The number of nitrogens with zero attached hydrogens (tertiary/aromatic N) is 2. The van der Waals surface area contributed by atoms with Crippen LogP contribution in [0.3, 0.4) is 0 Å². The summed E-state index contributed by atoms with van der Waals surface area (Å²) in [6, 6.07) is 9.19. The Morgan fingerprint density at radius 1 is 1.24 bits per heavy atom. The maximum Gasteiger partial charge on any atom is 0.0946 e. The van der Waals surface area contributed by atoms with Crippen molar-refractivity contribution in [3.8, 4) is 0 Å². The number of imidazole rings is 1. The van der Waals surface area contributed by atoms with Gasteiger partial charge in [0.25, 0.3) is 0 Å². The molecule has 2 aromatic rings. The van der Waals surface area contributed by atoms with E-state index in [-0.39, 0.29) is 5.41 Å². The predicted molar refractivity (Wildman–Crippen MR) is 91.2 cm³/mol. The SMILES string of the molecule is CC(NC(Cn1ccnc1)C(C)(C)C)c1ccc(Br)cc1. The fourth-order valence-corrected chi connectivity index (χ4v) is 2.60. The first kappa shape index (κ1) is 16.2. The lowest BCUT2D eigenvalue weighted by Gasteiger charge is -2.34. The van der Waals surface area contributed by atoms with E-state index in [0.717, 1.165) is 11.0 Å². The minimum absolute atomic E-state index is 0.174. The Kier molecular flexibility index (Phi) is 5.22. The predicted octanol–water partition coefficient (Wildman–Crippen LogP) is 4.41. The molecule has 2 rings (SSSR count). The molecule has 0 amide bonds. The van der Waals surface area contributed by atoms with Crippen LogP contribution < -0.4 is 5.32 Å². The van der Waals surface area contributed by atoms with Crippen molar-refractivity contribution in [1.29, 1.82) is 0 Å². The normalized spacial score (nSPS) is 14.9. The van der Waals surface area contributed by atoms with Crippen LogP contribution in [0.2, 0.25) is 0 Å². The Hall–Kier alpha value is -1.13. The van der Waals surface area contributed by atoms with Crippen LogP contribution in [0.1, 0.15) is 39.3 Å². The molecular weight excluding hydrogens is 326 g/mol. The summed E-state index contributed by atoms with van der Waals surface area (Å²) in [5.74, 6) is 0. The third-order valence-electron chi connectivity index (χ3n) is 3.82. The van der Waals surface area contributed by atoms with Crippen LogP contribution in [-0.4, -0.2) is 15.6 Å². The van der Waals surface area contributed by atoms with Crippen molar-refractivity contribution in [2.24, 2.45) is 5.41 Å². The number of aromatic nitrogens is 2. The third kappa shape index (κ3) is 4.68. The highest BCUT2D eigenvalue weighted by Gasteiger charge is 2.26. The summed E-state index contributed by atoms with van der Waals surface area (Å²) >= 11 is 3.49. The zero-order valence-corrected chi connectivity index (χ0v) is 14.8. The van der Waals surface area contributed by atoms with E-state index < -0.39 is 0 Å². The summed E-state index contributed by atoms with van der Waals surface area (Å²) in [6.45, 7) is 9.96. The number of hydrogen-bond acceptors (Lipinski definition) is 2. The minimum Gasteiger partial charge on any atom is -0.336 e. The fraction of sp³-hybridized carbons (Fsp3) is 0.471. The molecule has 0 bridgehead atoms. The lowest BCUT2D eigenvalue weighted by molar-refractivity contribution is 0.225. The molecule has 0 radical (unpaired) electrons. The van der Waals surface area contributed by atoms with Crippen LogP contribution in [0.15, 0.2) is 47.5 Å². The molecule has 2 atom stereocenters. The number of halogens is 1. The van der Waals surface area contributed by atoms with E-state index in [1.807, 2.05) is 18.7 Å². The lowest BCUT2D eigenvalue weighted by atomic mass is 9.85. The van der Waals surface area contributed by atoms with E-state index in [1.54, 1.807) is 0 Å². The van der Waals surface area contributed by atoms with Gasteiger partial charge in [0.15, 0.2) is 0 Å². The lowest BCUT2D eigenvalue weighted by Crippen LogP contribution is -2.44. The molecule has 1 aromatic heterocycles. The van der Waals surface area contributed by atoms with Crippen molar-refractivity contribution in [1.82, 2.24) is 14.9 Å². The van der Waals surface area contributed by atoms with Crippen LogP contribution in [0.5, 0.6) is 0 Å². The van der Waals surface area contributed by atoms with Crippen LogP contribution in [-0.2, 0) is 6.54 Å². The molecule has 1 aromatic carbocycles. The molecule has 0 saturated carbocycles. The van der Waals surface area contributed by atoms with Gasteiger partial charge in [-0.2, -0.15) is 0 Å². The molecule has 0 aliphatic heterocycles.